The lowest BCUT2D eigenvalue weighted by molar-refractivity contribution is -0.142. The Bertz CT molecular complexity index is 979. The van der Waals surface area contributed by atoms with Crippen molar-refractivity contribution in [1.29, 1.82) is 0 Å². The number of imidazole rings is 1. The zero-order valence-corrected chi connectivity index (χ0v) is 14.4. The highest BCUT2D eigenvalue weighted by atomic mass is 19.1. The minimum Gasteiger partial charge on any atom is -0.480 e. The molecular formula is C20H17FN2O3. The Balaban J connectivity index is 1.83. The quantitative estimate of drug-likeness (QED) is 0.669. The molecule has 2 aromatic carbocycles. The molecule has 0 amide bonds. The van der Waals surface area contributed by atoms with Gasteiger partial charge >= 0.3 is 5.97 Å². The fourth-order valence-corrected chi connectivity index (χ4v) is 3.03. The van der Waals surface area contributed by atoms with Crippen molar-refractivity contribution in [1.82, 2.24) is 9.55 Å². The molecule has 0 saturated heterocycles. The van der Waals surface area contributed by atoms with Crippen molar-refractivity contribution in [3.8, 4) is 22.7 Å². The summed E-state index contributed by atoms with van der Waals surface area (Å²) in [6.45, 7) is 2.02. The second-order valence-electron chi connectivity index (χ2n) is 6.22. The van der Waals surface area contributed by atoms with Crippen LogP contribution in [0.25, 0.3) is 16.9 Å². The zero-order valence-electron chi connectivity index (χ0n) is 14.4. The van der Waals surface area contributed by atoms with Crippen LogP contribution in [0, 0.1) is 12.7 Å². The van der Waals surface area contributed by atoms with Gasteiger partial charge in [-0.3, -0.25) is 9.36 Å². The van der Waals surface area contributed by atoms with Gasteiger partial charge in [-0.05, 0) is 19.1 Å². The minimum absolute atomic E-state index is 0.0255. The summed E-state index contributed by atoms with van der Waals surface area (Å²) in [6, 6.07) is 12.3. The fourth-order valence-electron chi connectivity index (χ4n) is 3.03. The summed E-state index contributed by atoms with van der Waals surface area (Å²) in [7, 11) is 1.33. The summed E-state index contributed by atoms with van der Waals surface area (Å²) < 4.78 is 26.2. The number of methoxy groups -OCH3 is 1. The van der Waals surface area contributed by atoms with Crippen molar-refractivity contribution in [3.05, 3.63) is 65.9 Å². The lowest BCUT2D eigenvalue weighted by atomic mass is 10.1. The third kappa shape index (κ3) is 2.83. The van der Waals surface area contributed by atoms with Gasteiger partial charge in [-0.2, -0.15) is 0 Å². The number of hydrogen-bond donors (Lipinski definition) is 0. The lowest BCUT2D eigenvalue weighted by Gasteiger charge is -2.26. The number of carbonyl (C=O) groups excluding carboxylic acids is 1. The van der Waals surface area contributed by atoms with Crippen molar-refractivity contribution in [3.63, 3.8) is 0 Å². The first-order chi connectivity index (χ1) is 12.5. The molecule has 0 fully saturated rings. The van der Waals surface area contributed by atoms with Gasteiger partial charge < -0.3 is 9.47 Å². The highest BCUT2D eigenvalue weighted by Crippen LogP contribution is 2.38. The predicted molar refractivity (Wildman–Crippen MR) is 93.7 cm³/mol. The SMILES string of the molecule is COC(=O)C[C@H]1Oc2ccc(F)cc2-n2cc(-c3ccc(C)cc3)nc21. The van der Waals surface area contributed by atoms with Gasteiger partial charge in [-0.25, -0.2) is 9.37 Å². The molecule has 0 saturated carbocycles. The summed E-state index contributed by atoms with van der Waals surface area (Å²) in [5.41, 5.74) is 3.38. The number of ether oxygens (including phenoxy) is 2. The van der Waals surface area contributed by atoms with Crippen LogP contribution in [0.5, 0.6) is 5.75 Å². The molecule has 1 aliphatic heterocycles. The summed E-state index contributed by atoms with van der Waals surface area (Å²) in [6.07, 6.45) is 1.27. The second kappa shape index (κ2) is 6.29. The number of rotatable bonds is 3. The Morgan fingerprint density at radius 3 is 2.77 bits per heavy atom. The molecule has 1 aliphatic rings. The molecule has 5 nitrogen and oxygen atoms in total. The molecule has 2 heterocycles. The van der Waals surface area contributed by atoms with Crippen molar-refractivity contribution in [2.75, 3.05) is 7.11 Å². The van der Waals surface area contributed by atoms with Crippen LogP contribution in [-0.4, -0.2) is 22.6 Å². The molecule has 26 heavy (non-hydrogen) atoms. The van der Waals surface area contributed by atoms with Gasteiger partial charge in [0.15, 0.2) is 11.9 Å². The lowest BCUT2D eigenvalue weighted by Crippen LogP contribution is -2.22. The van der Waals surface area contributed by atoms with Crippen LogP contribution in [0.2, 0.25) is 0 Å². The molecular weight excluding hydrogens is 335 g/mol. The van der Waals surface area contributed by atoms with E-state index in [1.807, 2.05) is 37.4 Å². The highest BCUT2D eigenvalue weighted by Gasteiger charge is 2.31. The molecule has 0 aliphatic carbocycles. The number of aryl methyl sites for hydroxylation is 1. The maximum absolute atomic E-state index is 13.8. The van der Waals surface area contributed by atoms with Gasteiger partial charge in [0.1, 0.15) is 11.6 Å². The van der Waals surface area contributed by atoms with E-state index >= 15 is 0 Å². The number of hydrogen-bond acceptors (Lipinski definition) is 4. The van der Waals surface area contributed by atoms with Crippen LogP contribution in [0.15, 0.2) is 48.7 Å². The highest BCUT2D eigenvalue weighted by molar-refractivity contribution is 5.70. The van der Waals surface area contributed by atoms with E-state index in [4.69, 9.17) is 9.47 Å². The third-order valence-electron chi connectivity index (χ3n) is 4.40. The van der Waals surface area contributed by atoms with Crippen LogP contribution in [0.1, 0.15) is 23.9 Å². The van der Waals surface area contributed by atoms with E-state index < -0.39 is 12.1 Å². The Morgan fingerprint density at radius 1 is 1.27 bits per heavy atom. The van der Waals surface area contributed by atoms with Crippen molar-refractivity contribution < 1.29 is 18.7 Å². The van der Waals surface area contributed by atoms with Crippen LogP contribution in [0.4, 0.5) is 4.39 Å². The molecule has 1 atom stereocenters. The first-order valence-corrected chi connectivity index (χ1v) is 8.25. The Morgan fingerprint density at radius 2 is 2.04 bits per heavy atom. The summed E-state index contributed by atoms with van der Waals surface area (Å²) >= 11 is 0. The van der Waals surface area contributed by atoms with E-state index in [1.54, 1.807) is 10.6 Å². The fraction of sp³-hybridized carbons (Fsp3) is 0.200. The Hall–Kier alpha value is -3.15. The van der Waals surface area contributed by atoms with Crippen LogP contribution in [-0.2, 0) is 9.53 Å². The topological polar surface area (TPSA) is 53.4 Å². The molecule has 0 bridgehead atoms. The van der Waals surface area contributed by atoms with Crippen LogP contribution >= 0.6 is 0 Å². The smallest absolute Gasteiger partial charge is 0.309 e. The summed E-state index contributed by atoms with van der Waals surface area (Å²) in [5, 5.41) is 0. The molecule has 0 unspecified atom stereocenters. The first-order valence-electron chi connectivity index (χ1n) is 8.25. The molecule has 1 aromatic heterocycles. The van der Waals surface area contributed by atoms with Crippen molar-refractivity contribution >= 4 is 5.97 Å². The summed E-state index contributed by atoms with van der Waals surface area (Å²) in [4.78, 5) is 16.4. The molecule has 3 aromatic rings. The molecule has 0 spiro atoms. The largest absolute Gasteiger partial charge is 0.480 e. The van der Waals surface area contributed by atoms with Crippen molar-refractivity contribution in [2.24, 2.45) is 0 Å². The van der Waals surface area contributed by atoms with E-state index in [2.05, 4.69) is 4.98 Å². The van der Waals surface area contributed by atoms with E-state index in [9.17, 15) is 9.18 Å². The van der Waals surface area contributed by atoms with E-state index in [-0.39, 0.29) is 12.2 Å². The molecule has 6 heteroatoms. The number of halogens is 1. The normalized spacial score (nSPS) is 15.0. The molecule has 132 valence electrons. The molecule has 0 radical (unpaired) electrons. The van der Waals surface area contributed by atoms with E-state index in [0.29, 0.717) is 17.3 Å². The minimum atomic E-state index is -0.598. The van der Waals surface area contributed by atoms with Gasteiger partial charge in [0.2, 0.25) is 0 Å². The van der Waals surface area contributed by atoms with Gasteiger partial charge in [-0.1, -0.05) is 29.8 Å². The monoisotopic (exact) mass is 352 g/mol. The Labute approximate surface area is 150 Å². The number of esters is 1. The van der Waals surface area contributed by atoms with Gasteiger partial charge in [0, 0.05) is 17.8 Å². The third-order valence-corrected chi connectivity index (χ3v) is 4.40. The van der Waals surface area contributed by atoms with Gasteiger partial charge in [-0.15, -0.1) is 0 Å². The standard InChI is InChI=1S/C20H17FN2O3/c1-12-3-5-13(6-4-12)15-11-23-16-9-14(21)7-8-17(16)26-18(20(23)22-15)10-19(24)25-2/h3-9,11,18H,10H2,1-2H3/t18-/m1/s1. The zero-order chi connectivity index (χ0) is 18.3. The Kier molecular flexibility index (Phi) is 3.95. The second-order valence-corrected chi connectivity index (χ2v) is 6.22. The number of nitrogens with zero attached hydrogens (tertiary/aromatic N) is 2. The van der Waals surface area contributed by atoms with Crippen LogP contribution in [0.3, 0.4) is 0 Å². The summed E-state index contributed by atoms with van der Waals surface area (Å²) in [5.74, 6) is 0.284. The maximum Gasteiger partial charge on any atom is 0.309 e. The average molecular weight is 352 g/mol. The number of benzene rings is 2. The number of carbonyl (C=O) groups is 1. The van der Waals surface area contributed by atoms with Gasteiger partial charge in [0.25, 0.3) is 0 Å². The molecule has 0 N–H and O–H groups in total. The van der Waals surface area contributed by atoms with E-state index in [1.165, 1.54) is 19.2 Å². The van der Waals surface area contributed by atoms with Gasteiger partial charge in [0.05, 0.1) is 24.9 Å². The average Bonchev–Trinajstić information content (AvgIpc) is 3.08. The first kappa shape index (κ1) is 16.3. The number of aromatic nitrogens is 2. The molecule has 4 rings (SSSR count). The predicted octanol–water partition coefficient (Wildman–Crippen LogP) is 3.98. The van der Waals surface area contributed by atoms with E-state index in [0.717, 1.165) is 16.8 Å². The maximum atomic E-state index is 13.8. The van der Waals surface area contributed by atoms with Crippen molar-refractivity contribution in [2.45, 2.75) is 19.4 Å². The number of fused-ring (bicyclic) bond motifs is 3. The van der Waals surface area contributed by atoms with Crippen LogP contribution < -0.4 is 4.74 Å².